The number of hydrogen-bond donors (Lipinski definition) is 4. The van der Waals surface area contributed by atoms with Gasteiger partial charge in [0.05, 0.1) is 46.2 Å². The van der Waals surface area contributed by atoms with E-state index in [0.29, 0.717) is 10.7 Å². The van der Waals surface area contributed by atoms with Crippen LogP contribution in [0.1, 0.15) is 8.35 Å². The van der Waals surface area contributed by atoms with Crippen molar-refractivity contribution >= 4 is 138 Å². The number of aliphatic carboxylic acids is 1. The maximum atomic E-state index is 10.6. The van der Waals surface area contributed by atoms with Crippen LogP contribution in [-0.2, 0) is 28.6 Å². The first-order valence-electron chi connectivity index (χ1n) is 24.8. The number of rotatable bonds is 7. The molecule has 0 aliphatic rings. The fraction of sp³-hybridized carbons (Fsp3) is 0.0635. The molecule has 0 unspecified atom stereocenters. The molecule has 0 saturated heterocycles. The van der Waals surface area contributed by atoms with Gasteiger partial charge in [-0.3, -0.25) is 14.2 Å². The molecular formula is C63H44BBr2ClCs2F3N7O10S3. The molecule has 8 heterocycles. The number of terminal acetylenes is 1. The number of benzene rings is 3. The quantitative estimate of drug-likeness (QED) is 0.0261. The van der Waals surface area contributed by atoms with E-state index in [1.54, 1.807) is 93.1 Å². The smallest absolute Gasteiger partial charge is 1.00 e. The van der Waals surface area contributed by atoms with Crippen LogP contribution in [-0.4, -0.2) is 75.4 Å². The van der Waals surface area contributed by atoms with Gasteiger partial charge in [-0.15, -0.1) is 19.1 Å². The van der Waals surface area contributed by atoms with Crippen LogP contribution in [0.15, 0.2) is 218 Å². The van der Waals surface area contributed by atoms with E-state index in [1.165, 1.54) is 10.9 Å². The van der Waals surface area contributed by atoms with E-state index in [1.807, 2.05) is 84.7 Å². The summed E-state index contributed by atoms with van der Waals surface area (Å²) >= 11 is 19.9. The van der Waals surface area contributed by atoms with Crippen molar-refractivity contribution < 1.29 is 201 Å². The average Bonchev–Trinajstić information content (AvgIpc) is 1.91. The van der Waals surface area contributed by atoms with Crippen LogP contribution in [0.5, 0.6) is 0 Å². The number of halogens is 6. The minimum Gasteiger partial charge on any atom is -1.00 e. The van der Waals surface area contributed by atoms with Crippen LogP contribution in [0.25, 0.3) is 44.2 Å². The van der Waals surface area contributed by atoms with Crippen molar-refractivity contribution in [1.29, 1.82) is 0 Å². The van der Waals surface area contributed by atoms with Crippen molar-refractivity contribution in [3.05, 3.63) is 185 Å². The summed E-state index contributed by atoms with van der Waals surface area (Å²) in [5, 5.41) is 46.1. The van der Waals surface area contributed by atoms with Gasteiger partial charge in [-0.05, 0) is 181 Å². The van der Waals surface area contributed by atoms with E-state index in [0.717, 1.165) is 77.8 Å². The average molecular weight is 1680 g/mol. The molecule has 3 aromatic carbocycles. The van der Waals surface area contributed by atoms with Crippen LogP contribution in [0, 0.1) is 71.5 Å². The molecule has 29 heteroatoms. The second kappa shape index (κ2) is 46.6. The van der Waals surface area contributed by atoms with Gasteiger partial charge >= 0.3 is 157 Å². The largest absolute Gasteiger partial charge is 1.00 e. The van der Waals surface area contributed by atoms with Gasteiger partial charge in [-0.2, -0.15) is 23.4 Å². The number of aromatic nitrogens is 7. The third-order valence-electron chi connectivity index (χ3n) is 10.2. The van der Waals surface area contributed by atoms with Gasteiger partial charge in [-0.1, -0.05) is 85.0 Å². The Hall–Kier alpha value is -5.41. The topological polar surface area (TPSA) is 241 Å². The van der Waals surface area contributed by atoms with Crippen LogP contribution in [0.2, 0.25) is 5.15 Å². The second-order valence-electron chi connectivity index (χ2n) is 16.1. The van der Waals surface area contributed by atoms with Gasteiger partial charge in [0, 0.05) is 68.7 Å². The van der Waals surface area contributed by atoms with Crippen molar-refractivity contribution in [3.63, 3.8) is 0 Å². The molecule has 0 amide bonds. The van der Waals surface area contributed by atoms with Crippen molar-refractivity contribution in [2.45, 2.75) is 37.8 Å². The Bertz CT molecular complexity index is 4450. The summed E-state index contributed by atoms with van der Waals surface area (Å²) in [6, 6.07) is 39.2. The normalized spacial score (nSPS) is 9.17. The SMILES string of the molecule is Brc1ccc(Sc2nccc3occc23)cc1.C#CC#CC#CC#CC#CC#CC.Clc1nccc2occc12.Cn1nccc1-c1ccc(Sc2nccc3occc23)cc1.Cn1nccc1B(O)O.O=C(O)C(F)(F)F.O=CO[O-].Sc1ccc(Br)cc1.[Cs+].[Cs+].[H-]. The van der Waals surface area contributed by atoms with E-state index in [2.05, 4.69) is 176 Å². The summed E-state index contributed by atoms with van der Waals surface area (Å²) in [7, 11) is 2.17. The summed E-state index contributed by atoms with van der Waals surface area (Å²) in [6.07, 6.45) is 13.2. The third-order valence-corrected chi connectivity index (χ3v) is 13.9. The number of alkyl halides is 3. The van der Waals surface area contributed by atoms with Crippen molar-refractivity contribution in [2.75, 3.05) is 0 Å². The zero-order valence-corrected chi connectivity index (χ0v) is 67.8. The predicted molar refractivity (Wildman–Crippen MR) is 348 cm³/mol. The van der Waals surface area contributed by atoms with Crippen LogP contribution in [0.4, 0.5) is 13.2 Å². The zero-order chi connectivity index (χ0) is 65.7. The number of carbonyl (C=O) groups is 2. The molecule has 17 nitrogen and oxygen atoms in total. The summed E-state index contributed by atoms with van der Waals surface area (Å²) in [6.45, 7) is 1.53. The first kappa shape index (κ1) is 82.7. The van der Waals surface area contributed by atoms with Gasteiger partial charge < -0.3 is 40.0 Å². The molecule has 0 aliphatic heterocycles. The van der Waals surface area contributed by atoms with Crippen molar-refractivity contribution in [2.24, 2.45) is 14.1 Å². The molecule has 0 spiro atoms. The monoisotopic (exact) mass is 1680 g/mol. The number of nitrogens with zero attached hydrogens (tertiary/aromatic N) is 7. The minimum absolute atomic E-state index is 0. The summed E-state index contributed by atoms with van der Waals surface area (Å²) in [5.74, 6) is 24.2. The molecule has 3 N–H and O–H groups in total. The standard InChI is InChI=1S/C17H13N3OS.C13H8BrNOS.C13H4.C7H4ClNO.C6H5BrS.C4H7BN2O2.C2HF3O2.CH2O3.2Cs.H/c1-20-15(6-10-19-20)12-2-4-13(5-3-12)22-17-14-8-11-21-16(14)7-9-18-17;14-9-1-3-10(4-2-9)17-13-11-6-8-16-12(11)5-7-15-13;1-3-5-7-9-11-13-12-10-8-6-4-2;8-7-5-2-4-10-6(5)1-3-9-7;7-5-1-3-6(8)4-2-5;1-7-4(5(8)9)2-3-6-7;3-2(4,5)1(6)7;2-1-4-3;;;/h2-11H,1H3;1-8H;1H,2H3;1-4H;1-4,8H;2-3,8-9H,1H3;(H,6,7);1,3H;;;/q;;;;;;;;2*+1;-1/p-1. The summed E-state index contributed by atoms with van der Waals surface area (Å²) in [5.41, 5.74) is 5.17. The number of carboxylic acids is 1. The van der Waals surface area contributed by atoms with Crippen LogP contribution in [0.3, 0.4) is 0 Å². The molecule has 0 saturated carbocycles. The molecule has 0 bridgehead atoms. The predicted octanol–water partition coefficient (Wildman–Crippen LogP) is 6.28. The number of pyridine rings is 3. The Balaban J connectivity index is 0.000000553. The van der Waals surface area contributed by atoms with E-state index >= 15 is 0 Å². The fourth-order valence-electron chi connectivity index (χ4n) is 6.23. The Kier molecular flexibility index (Phi) is 41.9. The summed E-state index contributed by atoms with van der Waals surface area (Å²) < 4.78 is 53.0. The van der Waals surface area contributed by atoms with Crippen molar-refractivity contribution in [1.82, 2.24) is 34.5 Å². The van der Waals surface area contributed by atoms with E-state index in [-0.39, 0.29) is 146 Å². The molecule has 92 heavy (non-hydrogen) atoms. The Morgan fingerprint density at radius 3 is 1.43 bits per heavy atom. The fourth-order valence-corrected chi connectivity index (χ4v) is 8.90. The molecule has 0 aliphatic carbocycles. The van der Waals surface area contributed by atoms with E-state index in [4.69, 9.17) is 61.3 Å². The molecular weight excluding hydrogens is 1640 g/mol. The molecule has 8 aromatic heterocycles. The first-order valence-corrected chi connectivity index (χ1v) is 28.8. The molecule has 11 rings (SSSR count). The first-order chi connectivity index (χ1) is 43.3. The maximum Gasteiger partial charge on any atom is 1.00 e. The summed E-state index contributed by atoms with van der Waals surface area (Å²) in [4.78, 5) is 36.2. The van der Waals surface area contributed by atoms with Gasteiger partial charge in [0.15, 0.2) is 0 Å². The Morgan fingerprint density at radius 2 is 1.07 bits per heavy atom. The third kappa shape index (κ3) is 31.2. The molecule has 0 radical (unpaired) electrons. The Labute approximate surface area is 681 Å². The number of carbonyl (C=O) groups excluding carboxylic acids is 1. The van der Waals surface area contributed by atoms with Crippen LogP contribution >= 0.6 is 79.6 Å². The maximum absolute atomic E-state index is 10.6. The van der Waals surface area contributed by atoms with Crippen molar-refractivity contribution in [3.8, 4) is 82.8 Å². The number of fused-ring (bicyclic) bond motifs is 3. The van der Waals surface area contributed by atoms with Gasteiger partial charge in [0.25, 0.3) is 6.47 Å². The Morgan fingerprint density at radius 1 is 0.663 bits per heavy atom. The number of thiol groups is 1. The van der Waals surface area contributed by atoms with Gasteiger partial charge in [-0.25, -0.2) is 19.7 Å². The number of aryl methyl sites for hydroxylation is 2. The minimum atomic E-state index is -5.08. The van der Waals surface area contributed by atoms with Gasteiger partial charge in [0.2, 0.25) is 0 Å². The number of furan rings is 3. The number of hydrogen-bond acceptors (Lipinski definition) is 17. The van der Waals surface area contributed by atoms with E-state index in [9.17, 15) is 13.2 Å². The van der Waals surface area contributed by atoms with E-state index < -0.39 is 19.3 Å². The molecule has 0 atom stereocenters. The molecule has 0 fully saturated rings. The molecule has 11 aromatic rings. The second-order valence-corrected chi connectivity index (χ2v) is 20.9. The van der Waals surface area contributed by atoms with Crippen LogP contribution < -0.4 is 149 Å². The van der Waals surface area contributed by atoms with Gasteiger partial charge in [0.1, 0.15) is 32.0 Å². The number of carboxylic acid groups (broad SMARTS) is 1. The molecule has 456 valence electrons. The zero-order valence-electron chi connectivity index (χ0n) is 49.8.